The fraction of sp³-hybridized carbons (Fsp3) is 0.375. The van der Waals surface area contributed by atoms with E-state index in [1.165, 1.54) is 18.2 Å². The molecule has 2 rings (SSSR count). The summed E-state index contributed by atoms with van der Waals surface area (Å²) in [6.07, 6.45) is -5.58. The summed E-state index contributed by atoms with van der Waals surface area (Å²) in [4.78, 5) is 7.64. The van der Waals surface area contributed by atoms with E-state index in [4.69, 9.17) is 0 Å². The van der Waals surface area contributed by atoms with Crippen molar-refractivity contribution < 1.29 is 22.7 Å². The van der Waals surface area contributed by atoms with Gasteiger partial charge in [0.15, 0.2) is 11.7 Å². The highest BCUT2D eigenvalue weighted by molar-refractivity contribution is 14.0. The Balaban J connectivity index is 0.00000364. The minimum Gasteiger partial charge on any atom is -0.386 e. The molecular weight excluding hydrogens is 499 g/mol. The minimum atomic E-state index is -4.48. The van der Waals surface area contributed by atoms with Crippen molar-refractivity contribution in [1.82, 2.24) is 15.6 Å². The molecule has 0 aliphatic heterocycles. The number of hydrogen-bond acceptors (Lipinski definition) is 4. The molecule has 0 saturated heterocycles. The molecule has 5 nitrogen and oxygen atoms in total. The molecule has 1 atom stereocenters. The lowest BCUT2D eigenvalue weighted by Crippen LogP contribution is -2.39. The van der Waals surface area contributed by atoms with Gasteiger partial charge in [0, 0.05) is 24.0 Å². The number of nitrogens with zero attached hydrogens (tertiary/aromatic N) is 2. The number of guanidine groups is 1. The number of aliphatic hydroxyl groups excluding tert-OH is 1. The lowest BCUT2D eigenvalue weighted by molar-refractivity contribution is -0.140. The van der Waals surface area contributed by atoms with Crippen LogP contribution in [0.4, 0.5) is 17.6 Å². The predicted molar refractivity (Wildman–Crippen MR) is 107 cm³/mol. The van der Waals surface area contributed by atoms with Crippen LogP contribution in [-0.2, 0) is 12.7 Å². The quantitative estimate of drug-likeness (QED) is 0.236. The van der Waals surface area contributed by atoms with Gasteiger partial charge in [-0.1, -0.05) is 18.2 Å². The normalized spacial score (nSPS) is 13.0. The molecule has 1 aromatic carbocycles. The maximum atomic E-state index is 13.6. The first-order chi connectivity index (χ1) is 12.3. The van der Waals surface area contributed by atoms with Crippen LogP contribution in [0.25, 0.3) is 0 Å². The summed E-state index contributed by atoms with van der Waals surface area (Å²) in [5.41, 5.74) is -0.800. The molecular formula is C16H19F4IN4OS. The molecule has 0 bridgehead atoms. The number of rotatable bonds is 6. The molecule has 0 spiro atoms. The third-order valence-corrected chi connectivity index (χ3v) is 4.12. The monoisotopic (exact) mass is 518 g/mol. The number of nitrogens with one attached hydrogen (secondary N) is 2. The van der Waals surface area contributed by atoms with Crippen LogP contribution in [0.5, 0.6) is 0 Å². The SMILES string of the molecule is CCNC(=NCc1nc(C(F)(F)F)cs1)NCC(O)c1ccccc1F.I. The zero-order valence-corrected chi connectivity index (χ0v) is 17.4. The van der Waals surface area contributed by atoms with Crippen LogP contribution in [0.1, 0.15) is 29.3 Å². The first-order valence-corrected chi connectivity index (χ1v) is 8.65. The second-order valence-electron chi connectivity index (χ2n) is 5.24. The van der Waals surface area contributed by atoms with Gasteiger partial charge < -0.3 is 15.7 Å². The van der Waals surface area contributed by atoms with Gasteiger partial charge >= 0.3 is 6.18 Å². The molecule has 1 aromatic heterocycles. The minimum absolute atomic E-state index is 0. The lowest BCUT2D eigenvalue weighted by atomic mass is 10.1. The van der Waals surface area contributed by atoms with Gasteiger partial charge in [0.2, 0.25) is 0 Å². The molecule has 0 saturated carbocycles. The van der Waals surface area contributed by atoms with Crippen LogP contribution >= 0.6 is 35.3 Å². The van der Waals surface area contributed by atoms with E-state index in [9.17, 15) is 22.7 Å². The second kappa shape index (κ2) is 10.8. The summed E-state index contributed by atoms with van der Waals surface area (Å²) < 4.78 is 51.3. The van der Waals surface area contributed by atoms with E-state index in [2.05, 4.69) is 20.6 Å². The van der Waals surface area contributed by atoms with Crippen LogP contribution in [-0.4, -0.2) is 29.1 Å². The van der Waals surface area contributed by atoms with Gasteiger partial charge in [0.25, 0.3) is 0 Å². The molecule has 150 valence electrons. The van der Waals surface area contributed by atoms with Crippen molar-refractivity contribution in [2.24, 2.45) is 4.99 Å². The van der Waals surface area contributed by atoms with Crippen molar-refractivity contribution in [2.45, 2.75) is 25.7 Å². The number of thiazole rings is 1. The molecule has 11 heteroatoms. The summed E-state index contributed by atoms with van der Waals surface area (Å²) in [5.74, 6) is -0.238. The van der Waals surface area contributed by atoms with Crippen molar-refractivity contribution in [2.75, 3.05) is 13.1 Å². The molecule has 27 heavy (non-hydrogen) atoms. The Morgan fingerprint density at radius 1 is 1.30 bits per heavy atom. The van der Waals surface area contributed by atoms with Gasteiger partial charge in [-0.15, -0.1) is 35.3 Å². The van der Waals surface area contributed by atoms with Gasteiger partial charge in [0.05, 0.1) is 12.6 Å². The number of alkyl halides is 3. The van der Waals surface area contributed by atoms with E-state index in [1.54, 1.807) is 6.07 Å². The van der Waals surface area contributed by atoms with Crippen LogP contribution in [0.3, 0.4) is 0 Å². The summed E-state index contributed by atoms with van der Waals surface area (Å²) in [5, 5.41) is 17.0. The number of aliphatic imine (C=N–C) groups is 1. The standard InChI is InChI=1S/C16H18F4N4OS.HI/c1-2-21-15(22-7-12(25)10-5-3-4-6-11(10)17)23-8-14-24-13(9-26-14)16(18,19)20;/h3-6,9,12,25H,2,7-8H2,1H3,(H2,21,22,23);1H. The highest BCUT2D eigenvalue weighted by Gasteiger charge is 2.33. The van der Waals surface area contributed by atoms with Gasteiger partial charge in [-0.25, -0.2) is 14.4 Å². The summed E-state index contributed by atoms with van der Waals surface area (Å²) in [7, 11) is 0. The van der Waals surface area contributed by atoms with Crippen LogP contribution in [0, 0.1) is 5.82 Å². The molecule has 0 radical (unpaired) electrons. The molecule has 0 aliphatic carbocycles. The van der Waals surface area contributed by atoms with E-state index >= 15 is 0 Å². The van der Waals surface area contributed by atoms with Crippen LogP contribution in [0.2, 0.25) is 0 Å². The Bertz CT molecular complexity index is 754. The number of aliphatic hydroxyl groups is 1. The van der Waals surface area contributed by atoms with E-state index in [1.807, 2.05) is 6.92 Å². The van der Waals surface area contributed by atoms with Crippen molar-refractivity contribution in [3.8, 4) is 0 Å². The summed E-state index contributed by atoms with van der Waals surface area (Å²) >= 11 is 0.867. The third-order valence-electron chi connectivity index (χ3n) is 3.29. The van der Waals surface area contributed by atoms with Gasteiger partial charge in [0.1, 0.15) is 10.8 Å². The number of aromatic nitrogens is 1. The number of hydrogen-bond donors (Lipinski definition) is 3. The van der Waals surface area contributed by atoms with Crippen LogP contribution in [0.15, 0.2) is 34.6 Å². The Hall–Kier alpha value is -1.47. The smallest absolute Gasteiger partial charge is 0.386 e. The summed E-state index contributed by atoms with van der Waals surface area (Å²) in [6.45, 7) is 2.26. The van der Waals surface area contributed by atoms with Crippen molar-refractivity contribution in [1.29, 1.82) is 0 Å². The first-order valence-electron chi connectivity index (χ1n) is 7.77. The Kier molecular flexibility index (Phi) is 9.39. The zero-order chi connectivity index (χ0) is 19.2. The van der Waals surface area contributed by atoms with Gasteiger partial charge in [-0.05, 0) is 13.0 Å². The average Bonchev–Trinajstić information content (AvgIpc) is 3.07. The molecule has 0 fully saturated rings. The van der Waals surface area contributed by atoms with E-state index in [0.29, 0.717) is 6.54 Å². The maximum absolute atomic E-state index is 13.6. The van der Waals surface area contributed by atoms with E-state index < -0.39 is 23.8 Å². The van der Waals surface area contributed by atoms with E-state index in [0.717, 1.165) is 16.7 Å². The molecule has 1 heterocycles. The van der Waals surface area contributed by atoms with E-state index in [-0.39, 0.29) is 53.6 Å². The van der Waals surface area contributed by atoms with Crippen molar-refractivity contribution in [3.63, 3.8) is 0 Å². The largest absolute Gasteiger partial charge is 0.434 e. The molecule has 0 aliphatic rings. The highest BCUT2D eigenvalue weighted by atomic mass is 127. The number of halogens is 5. The number of benzene rings is 1. The van der Waals surface area contributed by atoms with Gasteiger partial charge in [-0.3, -0.25) is 0 Å². The third kappa shape index (κ3) is 7.22. The first kappa shape index (κ1) is 23.6. The Morgan fingerprint density at radius 3 is 2.59 bits per heavy atom. The molecule has 2 aromatic rings. The zero-order valence-electron chi connectivity index (χ0n) is 14.3. The lowest BCUT2D eigenvalue weighted by Gasteiger charge is -2.15. The van der Waals surface area contributed by atoms with Crippen molar-refractivity contribution >= 4 is 41.3 Å². The molecule has 0 amide bonds. The van der Waals surface area contributed by atoms with Crippen molar-refractivity contribution in [3.05, 3.63) is 51.7 Å². The maximum Gasteiger partial charge on any atom is 0.434 e. The fourth-order valence-electron chi connectivity index (χ4n) is 2.05. The second-order valence-corrected chi connectivity index (χ2v) is 6.18. The predicted octanol–water partition coefficient (Wildman–Crippen LogP) is 3.71. The van der Waals surface area contributed by atoms with Crippen LogP contribution < -0.4 is 10.6 Å². The highest BCUT2D eigenvalue weighted by Crippen LogP contribution is 2.30. The summed E-state index contributed by atoms with van der Waals surface area (Å²) in [6, 6.07) is 5.86. The van der Waals surface area contributed by atoms with Gasteiger partial charge in [-0.2, -0.15) is 13.2 Å². The fourth-order valence-corrected chi connectivity index (χ4v) is 2.77. The Morgan fingerprint density at radius 2 is 2.00 bits per heavy atom. The molecule has 1 unspecified atom stereocenters. The molecule has 3 N–H and O–H groups in total. The Labute approximate surface area is 174 Å². The average molecular weight is 518 g/mol. The topological polar surface area (TPSA) is 69.5 Å².